The summed E-state index contributed by atoms with van der Waals surface area (Å²) in [7, 11) is 1.65. The van der Waals surface area contributed by atoms with Crippen molar-refractivity contribution in [3.05, 3.63) is 54.1 Å². The molecule has 0 bridgehead atoms. The summed E-state index contributed by atoms with van der Waals surface area (Å²) in [6.07, 6.45) is 0. The van der Waals surface area contributed by atoms with Gasteiger partial charge in [-0.1, -0.05) is 47.5 Å². The van der Waals surface area contributed by atoms with E-state index in [1.165, 1.54) is 0 Å². The lowest BCUT2D eigenvalue weighted by molar-refractivity contribution is -0.114. The molecule has 3 aromatic rings. The molecule has 134 valence electrons. The van der Waals surface area contributed by atoms with Crippen molar-refractivity contribution in [1.82, 2.24) is 10.2 Å². The number of aromatic nitrogens is 2. The van der Waals surface area contributed by atoms with Crippen LogP contribution in [0.4, 0.5) is 5.69 Å². The molecule has 0 fully saturated rings. The average molecular weight is 390 g/mol. The Balaban J connectivity index is 1.86. The minimum atomic E-state index is -1.10. The second kappa shape index (κ2) is 7.81. The highest BCUT2D eigenvalue weighted by molar-refractivity contribution is 6.54. The maximum atomic E-state index is 11.5. The van der Waals surface area contributed by atoms with Gasteiger partial charge in [-0.2, -0.15) is 5.10 Å². The maximum Gasteiger partial charge on any atom is 0.257 e. The fourth-order valence-electron chi connectivity index (χ4n) is 2.67. The monoisotopic (exact) mass is 389 g/mol. The number of halogens is 2. The number of benzene rings is 2. The number of nitrogens with one attached hydrogen (secondary N) is 2. The van der Waals surface area contributed by atoms with E-state index in [2.05, 4.69) is 15.5 Å². The van der Waals surface area contributed by atoms with Gasteiger partial charge >= 0.3 is 0 Å². The van der Waals surface area contributed by atoms with Crippen LogP contribution in [0.15, 0.2) is 48.5 Å². The number of hydrogen-bond donors (Lipinski definition) is 2. The number of ether oxygens (including phenoxy) is 1. The number of carbonyl (C=O) groups excluding carboxylic acids is 1. The number of hydrogen-bond acceptors (Lipinski definition) is 3. The largest absolute Gasteiger partial charge is 0.496 e. The van der Waals surface area contributed by atoms with Gasteiger partial charge in [0, 0.05) is 16.8 Å². The summed E-state index contributed by atoms with van der Waals surface area (Å²) in [5.74, 6) is 0.324. The third-order valence-corrected chi connectivity index (χ3v) is 4.34. The van der Waals surface area contributed by atoms with E-state index in [0.29, 0.717) is 5.69 Å². The third-order valence-electron chi connectivity index (χ3n) is 3.95. The molecule has 1 aromatic heterocycles. The van der Waals surface area contributed by atoms with E-state index in [9.17, 15) is 4.79 Å². The predicted molar refractivity (Wildman–Crippen MR) is 105 cm³/mol. The summed E-state index contributed by atoms with van der Waals surface area (Å²) in [5.41, 5.74) is 5.25. The van der Waals surface area contributed by atoms with Crippen molar-refractivity contribution in [2.45, 2.75) is 11.8 Å². The summed E-state index contributed by atoms with van der Waals surface area (Å²) in [6.45, 7) is 2.02. The molecule has 2 N–H and O–H groups in total. The van der Waals surface area contributed by atoms with Crippen LogP contribution in [0.5, 0.6) is 5.75 Å². The smallest absolute Gasteiger partial charge is 0.257 e. The van der Waals surface area contributed by atoms with Crippen molar-refractivity contribution < 1.29 is 9.53 Å². The number of aromatic amines is 1. The molecule has 0 radical (unpaired) electrons. The van der Waals surface area contributed by atoms with E-state index in [4.69, 9.17) is 27.9 Å². The summed E-state index contributed by atoms with van der Waals surface area (Å²) in [4.78, 5) is 10.4. The van der Waals surface area contributed by atoms with Crippen LogP contribution < -0.4 is 10.1 Å². The first-order valence-electron chi connectivity index (χ1n) is 7.88. The molecule has 26 heavy (non-hydrogen) atoms. The Morgan fingerprint density at radius 2 is 1.92 bits per heavy atom. The topological polar surface area (TPSA) is 67.0 Å². The third kappa shape index (κ3) is 3.84. The van der Waals surface area contributed by atoms with E-state index >= 15 is 0 Å². The van der Waals surface area contributed by atoms with Crippen LogP contribution in [0.2, 0.25) is 0 Å². The Kier molecular flexibility index (Phi) is 5.49. The van der Waals surface area contributed by atoms with Crippen molar-refractivity contribution in [3.8, 4) is 28.3 Å². The van der Waals surface area contributed by atoms with Crippen LogP contribution in [0, 0.1) is 6.92 Å². The number of nitrogens with zero attached hydrogens (tertiary/aromatic N) is 1. The number of rotatable bonds is 5. The van der Waals surface area contributed by atoms with Crippen molar-refractivity contribution >= 4 is 34.8 Å². The van der Waals surface area contributed by atoms with Gasteiger partial charge < -0.3 is 10.1 Å². The van der Waals surface area contributed by atoms with Crippen molar-refractivity contribution in [1.29, 1.82) is 0 Å². The van der Waals surface area contributed by atoms with Crippen molar-refractivity contribution in [3.63, 3.8) is 0 Å². The minimum absolute atomic E-state index is 0.463. The molecule has 0 unspecified atom stereocenters. The highest BCUT2D eigenvalue weighted by Gasteiger charge is 2.14. The van der Waals surface area contributed by atoms with E-state index in [1.54, 1.807) is 19.2 Å². The predicted octanol–water partition coefficient (Wildman–Crippen LogP) is 4.80. The number of alkyl halides is 2. The first-order valence-corrected chi connectivity index (χ1v) is 8.75. The molecular formula is C19H17Cl2N3O2. The van der Waals surface area contributed by atoms with E-state index in [0.717, 1.165) is 33.8 Å². The summed E-state index contributed by atoms with van der Waals surface area (Å²) >= 11 is 11.1. The van der Waals surface area contributed by atoms with Gasteiger partial charge in [0.25, 0.3) is 5.91 Å². The molecule has 5 nitrogen and oxygen atoms in total. The number of methoxy groups -OCH3 is 1. The quantitative estimate of drug-likeness (QED) is 0.615. The standard InChI is InChI=1S/C19H17Cl2N3O2/c1-11-4-3-5-16(26-2)17(11)15-10-14(23-24-15)12-6-8-13(9-7-12)22-19(25)18(20)21/h3-10,18H,1-2H3,(H,22,25)(H,23,24). The molecule has 0 spiro atoms. The van der Waals surface area contributed by atoms with E-state index in [1.807, 2.05) is 43.3 Å². The fraction of sp³-hybridized carbons (Fsp3) is 0.158. The van der Waals surface area contributed by atoms with Gasteiger partial charge in [0.15, 0.2) is 4.84 Å². The van der Waals surface area contributed by atoms with Crippen LogP contribution in [-0.4, -0.2) is 28.1 Å². The van der Waals surface area contributed by atoms with Gasteiger partial charge in [0.2, 0.25) is 0 Å². The zero-order chi connectivity index (χ0) is 18.7. The lowest BCUT2D eigenvalue weighted by Crippen LogP contribution is -2.18. The minimum Gasteiger partial charge on any atom is -0.496 e. The van der Waals surface area contributed by atoms with Crippen LogP contribution in [0.3, 0.4) is 0 Å². The van der Waals surface area contributed by atoms with Gasteiger partial charge in [0.05, 0.1) is 18.5 Å². The Bertz CT molecular complexity index is 921. The van der Waals surface area contributed by atoms with Gasteiger partial charge in [-0.25, -0.2) is 0 Å². The van der Waals surface area contributed by atoms with E-state index in [-0.39, 0.29) is 0 Å². The number of amides is 1. The zero-order valence-electron chi connectivity index (χ0n) is 14.2. The lowest BCUT2D eigenvalue weighted by atomic mass is 10.0. The second-order valence-corrected chi connectivity index (χ2v) is 6.78. The average Bonchev–Trinajstić information content (AvgIpc) is 3.11. The second-order valence-electron chi connectivity index (χ2n) is 5.69. The van der Waals surface area contributed by atoms with Gasteiger partial charge in [-0.15, -0.1) is 0 Å². The van der Waals surface area contributed by atoms with Crippen LogP contribution in [0.25, 0.3) is 22.5 Å². The SMILES string of the molecule is COc1cccc(C)c1-c1cc(-c2ccc(NC(=O)C(Cl)Cl)cc2)n[nH]1. The highest BCUT2D eigenvalue weighted by atomic mass is 35.5. The molecule has 1 amide bonds. The number of H-pyrrole nitrogens is 1. The maximum absolute atomic E-state index is 11.5. The Hall–Kier alpha value is -2.50. The first kappa shape index (κ1) is 18.3. The molecule has 0 aliphatic rings. The van der Waals surface area contributed by atoms with Crippen molar-refractivity contribution in [2.75, 3.05) is 12.4 Å². The fourth-order valence-corrected chi connectivity index (χ4v) is 2.78. The van der Waals surface area contributed by atoms with Crippen LogP contribution in [-0.2, 0) is 4.79 Å². The van der Waals surface area contributed by atoms with Gasteiger partial charge in [-0.3, -0.25) is 9.89 Å². The molecule has 2 aromatic carbocycles. The van der Waals surface area contributed by atoms with Crippen LogP contribution in [0.1, 0.15) is 5.56 Å². The molecule has 1 heterocycles. The molecule has 3 rings (SSSR count). The molecule has 0 aliphatic carbocycles. The zero-order valence-corrected chi connectivity index (χ0v) is 15.7. The Labute approximate surface area is 161 Å². The molecule has 0 atom stereocenters. The Morgan fingerprint density at radius 1 is 1.19 bits per heavy atom. The molecular weight excluding hydrogens is 373 g/mol. The molecule has 0 saturated heterocycles. The normalized spacial score (nSPS) is 10.8. The van der Waals surface area contributed by atoms with Gasteiger partial charge in [-0.05, 0) is 36.8 Å². The number of carbonyl (C=O) groups is 1. The summed E-state index contributed by atoms with van der Waals surface area (Å²) < 4.78 is 5.46. The first-order chi connectivity index (χ1) is 12.5. The number of aryl methyl sites for hydroxylation is 1. The molecule has 7 heteroatoms. The molecule has 0 saturated carbocycles. The summed E-state index contributed by atoms with van der Waals surface area (Å²) in [5, 5.41) is 10.1. The van der Waals surface area contributed by atoms with E-state index < -0.39 is 10.7 Å². The molecule has 0 aliphatic heterocycles. The highest BCUT2D eigenvalue weighted by Crippen LogP contribution is 2.33. The summed E-state index contributed by atoms with van der Waals surface area (Å²) in [6, 6.07) is 15.1. The number of anilines is 1. The lowest BCUT2D eigenvalue weighted by Gasteiger charge is -2.09. The van der Waals surface area contributed by atoms with Crippen molar-refractivity contribution in [2.24, 2.45) is 0 Å². The Morgan fingerprint density at radius 3 is 2.58 bits per heavy atom. The van der Waals surface area contributed by atoms with Crippen LogP contribution >= 0.6 is 23.2 Å². The van der Waals surface area contributed by atoms with Gasteiger partial charge in [0.1, 0.15) is 5.75 Å².